The number of hydrogen-bond acceptors (Lipinski definition) is 4. The molecule has 0 bridgehead atoms. The lowest BCUT2D eigenvalue weighted by Gasteiger charge is -2.11. The quantitative estimate of drug-likeness (QED) is 0.748. The van der Waals surface area contributed by atoms with Crippen molar-refractivity contribution in [3.8, 4) is 11.5 Å². The fourth-order valence-corrected chi connectivity index (χ4v) is 2.42. The minimum absolute atomic E-state index is 0.323. The standard InChI is InChI=1S/C15H17BrN2O3/c1-4-18-13(15(16)10(2)17-18)9-21-14-7-12(20-3)6-5-11(14)8-19/h5-8H,4,9H2,1-3H3. The highest BCUT2D eigenvalue weighted by Gasteiger charge is 2.14. The minimum atomic E-state index is 0.323. The maximum absolute atomic E-state index is 11.1. The van der Waals surface area contributed by atoms with E-state index in [1.165, 1.54) is 0 Å². The Hall–Kier alpha value is -1.82. The van der Waals surface area contributed by atoms with E-state index in [9.17, 15) is 4.79 Å². The van der Waals surface area contributed by atoms with Crippen LogP contribution in [0.3, 0.4) is 0 Å². The van der Waals surface area contributed by atoms with Gasteiger partial charge in [-0.2, -0.15) is 5.10 Å². The molecule has 0 fully saturated rings. The molecule has 0 N–H and O–H groups in total. The van der Waals surface area contributed by atoms with Crippen molar-refractivity contribution in [1.29, 1.82) is 0 Å². The van der Waals surface area contributed by atoms with Gasteiger partial charge in [0.1, 0.15) is 18.1 Å². The van der Waals surface area contributed by atoms with Gasteiger partial charge in [0, 0.05) is 12.6 Å². The number of aldehydes is 1. The molecule has 0 aliphatic rings. The van der Waals surface area contributed by atoms with Crippen LogP contribution in [0.1, 0.15) is 28.7 Å². The van der Waals surface area contributed by atoms with E-state index >= 15 is 0 Å². The first-order chi connectivity index (χ1) is 10.1. The molecule has 2 rings (SSSR count). The molecule has 1 aromatic carbocycles. The zero-order valence-electron chi connectivity index (χ0n) is 12.2. The predicted octanol–water partition coefficient (Wildman–Crippen LogP) is 3.37. The lowest BCUT2D eigenvalue weighted by atomic mass is 10.2. The number of carbonyl (C=O) groups is 1. The third-order valence-corrected chi connectivity index (χ3v) is 4.20. The number of methoxy groups -OCH3 is 1. The number of hydrogen-bond donors (Lipinski definition) is 0. The van der Waals surface area contributed by atoms with Crippen LogP contribution in [0.2, 0.25) is 0 Å². The highest BCUT2D eigenvalue weighted by Crippen LogP contribution is 2.27. The summed E-state index contributed by atoms with van der Waals surface area (Å²) in [6.07, 6.45) is 0.770. The van der Waals surface area contributed by atoms with Gasteiger partial charge in [0.25, 0.3) is 0 Å². The molecular weight excluding hydrogens is 336 g/mol. The highest BCUT2D eigenvalue weighted by atomic mass is 79.9. The van der Waals surface area contributed by atoms with Crippen LogP contribution in [-0.2, 0) is 13.2 Å². The highest BCUT2D eigenvalue weighted by molar-refractivity contribution is 9.10. The van der Waals surface area contributed by atoms with Gasteiger partial charge in [0.05, 0.1) is 28.5 Å². The van der Waals surface area contributed by atoms with Crippen LogP contribution in [0, 0.1) is 6.92 Å². The second kappa shape index (κ2) is 6.76. The number of aryl methyl sites for hydroxylation is 2. The molecule has 5 nitrogen and oxygen atoms in total. The first-order valence-electron chi connectivity index (χ1n) is 6.58. The smallest absolute Gasteiger partial charge is 0.153 e. The summed E-state index contributed by atoms with van der Waals surface area (Å²) in [5.74, 6) is 1.15. The first-order valence-corrected chi connectivity index (χ1v) is 7.37. The Labute approximate surface area is 132 Å². The van der Waals surface area contributed by atoms with Crippen molar-refractivity contribution >= 4 is 22.2 Å². The molecule has 0 radical (unpaired) electrons. The molecule has 0 spiro atoms. The van der Waals surface area contributed by atoms with Gasteiger partial charge in [-0.1, -0.05) is 0 Å². The first kappa shape index (κ1) is 15.6. The zero-order chi connectivity index (χ0) is 15.4. The number of rotatable bonds is 6. The minimum Gasteiger partial charge on any atom is -0.497 e. The van der Waals surface area contributed by atoms with E-state index in [4.69, 9.17) is 9.47 Å². The molecule has 1 heterocycles. The second-order valence-electron chi connectivity index (χ2n) is 4.47. The summed E-state index contributed by atoms with van der Waals surface area (Å²) in [5, 5.41) is 4.41. The van der Waals surface area contributed by atoms with E-state index in [1.54, 1.807) is 25.3 Å². The number of halogens is 1. The van der Waals surface area contributed by atoms with Crippen LogP contribution in [0.4, 0.5) is 0 Å². The van der Waals surface area contributed by atoms with Crippen molar-refractivity contribution in [3.63, 3.8) is 0 Å². The van der Waals surface area contributed by atoms with E-state index in [2.05, 4.69) is 21.0 Å². The van der Waals surface area contributed by atoms with Crippen LogP contribution in [0.25, 0.3) is 0 Å². The van der Waals surface area contributed by atoms with Gasteiger partial charge < -0.3 is 9.47 Å². The maximum Gasteiger partial charge on any atom is 0.153 e. The Morgan fingerprint density at radius 2 is 2.19 bits per heavy atom. The fraction of sp³-hybridized carbons (Fsp3) is 0.333. The van der Waals surface area contributed by atoms with Crippen molar-refractivity contribution in [1.82, 2.24) is 9.78 Å². The summed E-state index contributed by atoms with van der Waals surface area (Å²) in [4.78, 5) is 11.1. The molecule has 0 atom stereocenters. The van der Waals surface area contributed by atoms with Crippen LogP contribution in [-0.4, -0.2) is 23.2 Å². The van der Waals surface area contributed by atoms with Crippen LogP contribution < -0.4 is 9.47 Å². The lowest BCUT2D eigenvalue weighted by Crippen LogP contribution is -2.07. The Bertz CT molecular complexity index is 653. The number of ether oxygens (including phenoxy) is 2. The Morgan fingerprint density at radius 3 is 2.81 bits per heavy atom. The van der Waals surface area contributed by atoms with E-state index in [1.807, 2.05) is 18.5 Å². The lowest BCUT2D eigenvalue weighted by molar-refractivity contribution is 0.111. The van der Waals surface area contributed by atoms with Gasteiger partial charge in [0.2, 0.25) is 0 Å². The molecule has 0 amide bonds. The third kappa shape index (κ3) is 3.26. The number of carbonyl (C=O) groups excluding carboxylic acids is 1. The summed E-state index contributed by atoms with van der Waals surface area (Å²) in [6, 6.07) is 5.11. The van der Waals surface area contributed by atoms with Crippen molar-refractivity contribution in [3.05, 3.63) is 39.6 Å². The largest absolute Gasteiger partial charge is 0.497 e. The molecule has 0 saturated carbocycles. The third-order valence-electron chi connectivity index (χ3n) is 3.16. The summed E-state index contributed by atoms with van der Waals surface area (Å²) >= 11 is 3.52. The van der Waals surface area contributed by atoms with Gasteiger partial charge in [-0.25, -0.2) is 0 Å². The molecule has 0 aliphatic carbocycles. The molecule has 112 valence electrons. The van der Waals surface area contributed by atoms with Crippen molar-refractivity contribution in [2.75, 3.05) is 7.11 Å². The molecule has 1 aromatic heterocycles. The normalized spacial score (nSPS) is 10.5. The molecular formula is C15H17BrN2O3. The Balaban J connectivity index is 2.25. The van der Waals surface area contributed by atoms with Gasteiger partial charge in [-0.3, -0.25) is 9.48 Å². The van der Waals surface area contributed by atoms with E-state index < -0.39 is 0 Å². The van der Waals surface area contributed by atoms with Crippen molar-refractivity contribution < 1.29 is 14.3 Å². The van der Waals surface area contributed by atoms with Crippen molar-refractivity contribution in [2.45, 2.75) is 27.0 Å². The van der Waals surface area contributed by atoms with Gasteiger partial charge in [-0.15, -0.1) is 0 Å². The monoisotopic (exact) mass is 352 g/mol. The Morgan fingerprint density at radius 1 is 1.43 bits per heavy atom. The van der Waals surface area contributed by atoms with Gasteiger partial charge in [0.15, 0.2) is 6.29 Å². The average molecular weight is 353 g/mol. The molecule has 0 aliphatic heterocycles. The van der Waals surface area contributed by atoms with Gasteiger partial charge >= 0.3 is 0 Å². The number of aromatic nitrogens is 2. The Kier molecular flexibility index (Phi) is 5.01. The summed E-state index contributed by atoms with van der Waals surface area (Å²) in [7, 11) is 1.58. The summed E-state index contributed by atoms with van der Waals surface area (Å²) < 4.78 is 13.8. The SMILES string of the molecule is CCn1nc(C)c(Br)c1COc1cc(OC)ccc1C=O. The van der Waals surface area contributed by atoms with E-state index in [0.29, 0.717) is 23.7 Å². The molecule has 6 heteroatoms. The fourth-order valence-electron chi connectivity index (χ4n) is 2.02. The van der Waals surface area contributed by atoms with Crippen LogP contribution >= 0.6 is 15.9 Å². The predicted molar refractivity (Wildman–Crippen MR) is 83.1 cm³/mol. The summed E-state index contributed by atoms with van der Waals surface area (Å²) in [6.45, 7) is 5.03. The average Bonchev–Trinajstić information content (AvgIpc) is 2.79. The van der Waals surface area contributed by atoms with E-state index in [0.717, 1.165) is 28.7 Å². The maximum atomic E-state index is 11.1. The van der Waals surface area contributed by atoms with Gasteiger partial charge in [-0.05, 0) is 41.9 Å². The van der Waals surface area contributed by atoms with E-state index in [-0.39, 0.29) is 0 Å². The molecule has 2 aromatic rings. The topological polar surface area (TPSA) is 53.4 Å². The molecule has 21 heavy (non-hydrogen) atoms. The number of benzene rings is 1. The van der Waals surface area contributed by atoms with Crippen molar-refractivity contribution in [2.24, 2.45) is 0 Å². The van der Waals surface area contributed by atoms with Crippen LogP contribution in [0.5, 0.6) is 11.5 Å². The number of nitrogens with zero attached hydrogens (tertiary/aromatic N) is 2. The van der Waals surface area contributed by atoms with Crippen LogP contribution in [0.15, 0.2) is 22.7 Å². The second-order valence-corrected chi connectivity index (χ2v) is 5.27. The molecule has 0 saturated heterocycles. The summed E-state index contributed by atoms with van der Waals surface area (Å²) in [5.41, 5.74) is 2.34. The zero-order valence-corrected chi connectivity index (χ0v) is 13.8. The molecule has 0 unspecified atom stereocenters.